The van der Waals surface area contributed by atoms with E-state index in [1.165, 1.54) is 4.90 Å². The van der Waals surface area contributed by atoms with Crippen LogP contribution in [0.15, 0.2) is 24.5 Å². The van der Waals surface area contributed by atoms with Crippen LogP contribution < -0.4 is 4.90 Å². The van der Waals surface area contributed by atoms with E-state index in [0.717, 1.165) is 0 Å². The predicted molar refractivity (Wildman–Crippen MR) is 67.4 cm³/mol. The Bertz CT molecular complexity index is 534. The number of nitrogens with zero attached hydrogens (tertiary/aromatic N) is 4. The normalized spacial score (nSPS) is 10.7. The molecule has 0 fully saturated rings. The van der Waals surface area contributed by atoms with Gasteiger partial charge in [0.2, 0.25) is 5.82 Å². The molecule has 1 N–H and O–H groups in total. The standard InChI is InChI=1S/C12H15N5O/c1-8(2)10-14-11(16-15-10)12(18)17(3)9-5-4-6-13-7-9/h4-8H,1-3H3,(H,14,15,16). The molecular weight excluding hydrogens is 230 g/mol. The molecule has 2 heterocycles. The lowest BCUT2D eigenvalue weighted by molar-refractivity contribution is 0.0983. The minimum Gasteiger partial charge on any atom is -0.307 e. The summed E-state index contributed by atoms with van der Waals surface area (Å²) >= 11 is 0. The van der Waals surface area contributed by atoms with Crippen LogP contribution in [0, 0.1) is 0 Å². The fourth-order valence-electron chi connectivity index (χ4n) is 1.45. The summed E-state index contributed by atoms with van der Waals surface area (Å²) in [5.41, 5.74) is 0.707. The first kappa shape index (κ1) is 12.2. The van der Waals surface area contributed by atoms with Crippen molar-refractivity contribution in [3.8, 4) is 0 Å². The van der Waals surface area contributed by atoms with Gasteiger partial charge in [0.15, 0.2) is 0 Å². The van der Waals surface area contributed by atoms with Gasteiger partial charge in [-0.05, 0) is 12.1 Å². The zero-order valence-electron chi connectivity index (χ0n) is 10.6. The Kier molecular flexibility index (Phi) is 3.36. The second-order valence-corrected chi connectivity index (χ2v) is 4.27. The van der Waals surface area contributed by atoms with Crippen molar-refractivity contribution < 1.29 is 4.79 Å². The van der Waals surface area contributed by atoms with Gasteiger partial charge in [-0.1, -0.05) is 13.8 Å². The van der Waals surface area contributed by atoms with Crippen LogP contribution in [0.1, 0.15) is 36.2 Å². The summed E-state index contributed by atoms with van der Waals surface area (Å²) in [6.07, 6.45) is 3.28. The third kappa shape index (κ3) is 2.37. The summed E-state index contributed by atoms with van der Waals surface area (Å²) in [4.78, 5) is 21.8. The van der Waals surface area contributed by atoms with Gasteiger partial charge in [-0.15, -0.1) is 5.10 Å². The predicted octanol–water partition coefficient (Wildman–Crippen LogP) is 1.60. The van der Waals surface area contributed by atoms with Crippen molar-refractivity contribution in [2.45, 2.75) is 19.8 Å². The summed E-state index contributed by atoms with van der Waals surface area (Å²) in [6.45, 7) is 3.97. The summed E-state index contributed by atoms with van der Waals surface area (Å²) in [7, 11) is 1.67. The van der Waals surface area contributed by atoms with Gasteiger partial charge in [0.1, 0.15) is 5.82 Å². The minimum absolute atomic E-state index is 0.171. The fourth-order valence-corrected chi connectivity index (χ4v) is 1.45. The highest BCUT2D eigenvalue weighted by molar-refractivity contribution is 6.02. The van der Waals surface area contributed by atoms with Gasteiger partial charge in [-0.2, -0.15) is 0 Å². The Morgan fingerprint density at radius 2 is 2.22 bits per heavy atom. The van der Waals surface area contributed by atoms with Gasteiger partial charge < -0.3 is 4.90 Å². The molecule has 0 aliphatic rings. The van der Waals surface area contributed by atoms with E-state index in [-0.39, 0.29) is 17.6 Å². The molecule has 0 aromatic carbocycles. The number of carbonyl (C=O) groups excluding carboxylic acids is 1. The van der Waals surface area contributed by atoms with E-state index < -0.39 is 0 Å². The third-order valence-electron chi connectivity index (χ3n) is 2.58. The fraction of sp³-hybridized carbons (Fsp3) is 0.333. The Balaban J connectivity index is 2.20. The Morgan fingerprint density at radius 1 is 1.44 bits per heavy atom. The summed E-state index contributed by atoms with van der Waals surface area (Å²) < 4.78 is 0. The Labute approximate surface area is 105 Å². The molecule has 0 bridgehead atoms. The highest BCUT2D eigenvalue weighted by Crippen LogP contribution is 2.13. The van der Waals surface area contributed by atoms with Gasteiger partial charge in [-0.3, -0.25) is 14.9 Å². The summed E-state index contributed by atoms with van der Waals surface area (Å²) in [5.74, 6) is 0.830. The molecule has 0 unspecified atom stereocenters. The third-order valence-corrected chi connectivity index (χ3v) is 2.58. The first-order valence-electron chi connectivity index (χ1n) is 5.70. The first-order chi connectivity index (χ1) is 8.59. The highest BCUT2D eigenvalue weighted by atomic mass is 16.2. The largest absolute Gasteiger partial charge is 0.307 e. The molecule has 6 heteroatoms. The lowest BCUT2D eigenvalue weighted by Gasteiger charge is -2.14. The highest BCUT2D eigenvalue weighted by Gasteiger charge is 2.19. The minimum atomic E-state index is -0.258. The molecule has 0 aliphatic carbocycles. The van der Waals surface area contributed by atoms with Crippen LogP contribution in [0.25, 0.3) is 0 Å². The molecule has 2 aromatic rings. The van der Waals surface area contributed by atoms with Crippen molar-refractivity contribution in [2.24, 2.45) is 0 Å². The summed E-state index contributed by atoms with van der Waals surface area (Å²) in [6, 6.07) is 3.58. The molecule has 0 saturated carbocycles. The van der Waals surface area contributed by atoms with Crippen molar-refractivity contribution in [1.29, 1.82) is 0 Å². The van der Waals surface area contributed by atoms with Crippen molar-refractivity contribution in [3.63, 3.8) is 0 Å². The molecular formula is C12H15N5O. The number of pyridine rings is 1. The number of hydrogen-bond acceptors (Lipinski definition) is 4. The van der Waals surface area contributed by atoms with Crippen LogP contribution >= 0.6 is 0 Å². The molecule has 0 radical (unpaired) electrons. The van der Waals surface area contributed by atoms with Crippen LogP contribution in [-0.2, 0) is 0 Å². The quantitative estimate of drug-likeness (QED) is 0.891. The monoisotopic (exact) mass is 245 g/mol. The number of amides is 1. The number of anilines is 1. The molecule has 0 aliphatic heterocycles. The van der Waals surface area contributed by atoms with E-state index in [9.17, 15) is 4.79 Å². The van der Waals surface area contributed by atoms with Crippen molar-refractivity contribution in [3.05, 3.63) is 36.2 Å². The molecule has 0 atom stereocenters. The van der Waals surface area contributed by atoms with E-state index in [4.69, 9.17) is 0 Å². The van der Waals surface area contributed by atoms with E-state index >= 15 is 0 Å². The van der Waals surface area contributed by atoms with Crippen LogP contribution in [0.5, 0.6) is 0 Å². The second kappa shape index (κ2) is 4.95. The van der Waals surface area contributed by atoms with Gasteiger partial charge >= 0.3 is 0 Å². The number of H-pyrrole nitrogens is 1. The first-order valence-corrected chi connectivity index (χ1v) is 5.70. The van der Waals surface area contributed by atoms with Crippen LogP contribution in [0.3, 0.4) is 0 Å². The maximum atomic E-state index is 12.1. The van der Waals surface area contributed by atoms with E-state index in [1.54, 1.807) is 31.6 Å². The molecule has 6 nitrogen and oxygen atoms in total. The Morgan fingerprint density at radius 3 is 2.78 bits per heavy atom. The van der Waals surface area contributed by atoms with Crippen LogP contribution in [-0.4, -0.2) is 33.1 Å². The molecule has 1 amide bonds. The number of rotatable bonds is 3. The Hall–Kier alpha value is -2.24. The average Bonchev–Trinajstić information content (AvgIpc) is 2.88. The van der Waals surface area contributed by atoms with E-state index in [0.29, 0.717) is 11.5 Å². The smallest absolute Gasteiger partial charge is 0.297 e. The lowest BCUT2D eigenvalue weighted by atomic mass is 10.2. The van der Waals surface area contributed by atoms with Gasteiger partial charge in [0, 0.05) is 19.2 Å². The molecule has 0 spiro atoms. The van der Waals surface area contributed by atoms with Gasteiger partial charge in [0.25, 0.3) is 5.91 Å². The van der Waals surface area contributed by atoms with Crippen LogP contribution in [0.2, 0.25) is 0 Å². The maximum Gasteiger partial charge on any atom is 0.297 e. The number of nitrogens with one attached hydrogen (secondary N) is 1. The van der Waals surface area contributed by atoms with E-state index in [1.807, 2.05) is 13.8 Å². The number of carbonyl (C=O) groups is 1. The zero-order valence-corrected chi connectivity index (χ0v) is 10.6. The van der Waals surface area contributed by atoms with Crippen molar-refractivity contribution >= 4 is 11.6 Å². The zero-order chi connectivity index (χ0) is 13.1. The molecule has 2 aromatic heterocycles. The number of aromatic nitrogens is 4. The second-order valence-electron chi connectivity index (χ2n) is 4.27. The molecule has 2 rings (SSSR count). The molecule has 18 heavy (non-hydrogen) atoms. The average molecular weight is 245 g/mol. The van der Waals surface area contributed by atoms with Gasteiger partial charge in [0.05, 0.1) is 11.9 Å². The maximum absolute atomic E-state index is 12.1. The number of aromatic amines is 1. The summed E-state index contributed by atoms with van der Waals surface area (Å²) in [5, 5.41) is 6.70. The van der Waals surface area contributed by atoms with E-state index in [2.05, 4.69) is 20.2 Å². The topological polar surface area (TPSA) is 74.8 Å². The lowest BCUT2D eigenvalue weighted by Crippen LogP contribution is -2.27. The van der Waals surface area contributed by atoms with Crippen LogP contribution in [0.4, 0.5) is 5.69 Å². The van der Waals surface area contributed by atoms with Crippen molar-refractivity contribution in [1.82, 2.24) is 20.2 Å². The SMILES string of the molecule is CC(C)c1nc(C(=O)N(C)c2cccnc2)n[nH]1. The van der Waals surface area contributed by atoms with Crippen molar-refractivity contribution in [2.75, 3.05) is 11.9 Å². The van der Waals surface area contributed by atoms with Gasteiger partial charge in [-0.25, -0.2) is 4.98 Å². The number of hydrogen-bond donors (Lipinski definition) is 1. The molecule has 94 valence electrons. The molecule has 0 saturated heterocycles.